The fourth-order valence-electron chi connectivity index (χ4n) is 0.928. The Hall–Kier alpha value is -1.43. The molecule has 78 valence electrons. The van der Waals surface area contributed by atoms with Crippen LogP contribution in [0.1, 0.15) is 20.3 Å². The first-order valence-electron chi connectivity index (χ1n) is 3.98. The molecule has 0 bridgehead atoms. The Morgan fingerprint density at radius 1 is 1.64 bits per heavy atom. The molecule has 1 unspecified atom stereocenters. The van der Waals surface area contributed by atoms with Crippen LogP contribution in [0, 0.1) is 0 Å². The number of esters is 2. The Balaban J connectivity index is 2.51. The number of hydrogen-bond acceptors (Lipinski definition) is 6. The SMILES string of the molecule is CC1(C)OC(=O)C(OC(=O)CC=O)O1. The molecule has 14 heavy (non-hydrogen) atoms. The molecule has 1 atom stereocenters. The van der Waals surface area contributed by atoms with Gasteiger partial charge in [-0.3, -0.25) is 9.53 Å². The topological polar surface area (TPSA) is 78.9 Å². The molecule has 0 radical (unpaired) electrons. The van der Waals surface area contributed by atoms with Crippen LogP contribution in [0.2, 0.25) is 0 Å². The van der Waals surface area contributed by atoms with Crippen molar-refractivity contribution in [2.45, 2.75) is 32.3 Å². The summed E-state index contributed by atoms with van der Waals surface area (Å²) in [5.74, 6) is -2.68. The van der Waals surface area contributed by atoms with Crippen molar-refractivity contribution in [3.05, 3.63) is 0 Å². The highest BCUT2D eigenvalue weighted by atomic mass is 16.8. The van der Waals surface area contributed by atoms with Gasteiger partial charge < -0.3 is 14.3 Å². The lowest BCUT2D eigenvalue weighted by Crippen LogP contribution is -2.25. The number of carbonyl (C=O) groups excluding carboxylic acids is 3. The van der Waals surface area contributed by atoms with Crippen LogP contribution in [-0.2, 0) is 28.6 Å². The summed E-state index contributed by atoms with van der Waals surface area (Å²) < 4.78 is 14.2. The first-order valence-corrected chi connectivity index (χ1v) is 3.98. The number of rotatable bonds is 3. The fraction of sp³-hybridized carbons (Fsp3) is 0.625. The first kappa shape index (κ1) is 10.6. The van der Waals surface area contributed by atoms with Gasteiger partial charge in [-0.2, -0.15) is 0 Å². The van der Waals surface area contributed by atoms with E-state index >= 15 is 0 Å². The standard InChI is InChI=1S/C8H10O6/c1-8(2)13-6(11)7(14-8)12-5(10)3-4-9/h4,7H,3H2,1-2H3. The molecule has 1 rings (SSSR count). The smallest absolute Gasteiger partial charge is 0.379 e. The minimum absolute atomic E-state index is 0.383. The zero-order chi connectivity index (χ0) is 10.8. The van der Waals surface area contributed by atoms with E-state index in [0.29, 0.717) is 6.29 Å². The largest absolute Gasteiger partial charge is 0.429 e. The third-order valence-electron chi connectivity index (χ3n) is 1.42. The van der Waals surface area contributed by atoms with E-state index in [2.05, 4.69) is 4.74 Å². The molecule has 1 fully saturated rings. The summed E-state index contributed by atoms with van der Waals surface area (Å²) in [6.07, 6.45) is -1.39. The van der Waals surface area contributed by atoms with Gasteiger partial charge in [0, 0.05) is 13.8 Å². The summed E-state index contributed by atoms with van der Waals surface area (Å²) in [7, 11) is 0. The Bertz CT molecular complexity index is 269. The lowest BCUT2D eigenvalue weighted by molar-refractivity contribution is -0.197. The van der Waals surface area contributed by atoms with Crippen LogP contribution in [0.15, 0.2) is 0 Å². The van der Waals surface area contributed by atoms with E-state index < -0.39 is 30.4 Å². The van der Waals surface area contributed by atoms with E-state index in [1.807, 2.05) is 0 Å². The van der Waals surface area contributed by atoms with Gasteiger partial charge in [-0.05, 0) is 0 Å². The molecule has 0 N–H and O–H groups in total. The molecule has 0 aromatic rings. The summed E-state index contributed by atoms with van der Waals surface area (Å²) in [6, 6.07) is 0. The summed E-state index contributed by atoms with van der Waals surface area (Å²) in [5, 5.41) is 0. The van der Waals surface area contributed by atoms with E-state index in [9.17, 15) is 14.4 Å². The van der Waals surface area contributed by atoms with Crippen LogP contribution in [0.4, 0.5) is 0 Å². The van der Waals surface area contributed by atoms with Gasteiger partial charge >= 0.3 is 18.2 Å². The Labute approximate surface area is 80.1 Å². The average Bonchev–Trinajstić information content (AvgIpc) is 2.25. The van der Waals surface area contributed by atoms with Gasteiger partial charge in [0.25, 0.3) is 0 Å². The van der Waals surface area contributed by atoms with Gasteiger partial charge in [-0.1, -0.05) is 0 Å². The summed E-state index contributed by atoms with van der Waals surface area (Å²) >= 11 is 0. The van der Waals surface area contributed by atoms with Gasteiger partial charge in [0.15, 0.2) is 0 Å². The van der Waals surface area contributed by atoms with Crippen LogP contribution in [0.25, 0.3) is 0 Å². The number of cyclic esters (lactones) is 1. The zero-order valence-electron chi connectivity index (χ0n) is 7.81. The van der Waals surface area contributed by atoms with Crippen molar-refractivity contribution < 1.29 is 28.6 Å². The molecule has 1 heterocycles. The molecule has 6 nitrogen and oxygen atoms in total. The summed E-state index contributed by atoms with van der Waals surface area (Å²) in [4.78, 5) is 31.8. The third-order valence-corrected chi connectivity index (χ3v) is 1.42. The number of carbonyl (C=O) groups is 3. The third kappa shape index (κ3) is 2.53. The van der Waals surface area contributed by atoms with Crippen LogP contribution >= 0.6 is 0 Å². The summed E-state index contributed by atoms with van der Waals surface area (Å²) in [5.41, 5.74) is 0. The molecule has 1 saturated heterocycles. The maximum Gasteiger partial charge on any atom is 0.379 e. The van der Waals surface area contributed by atoms with E-state index in [-0.39, 0.29) is 0 Å². The van der Waals surface area contributed by atoms with Crippen molar-refractivity contribution in [2.24, 2.45) is 0 Å². The molecule has 0 aliphatic carbocycles. The maximum absolute atomic E-state index is 11.0. The van der Waals surface area contributed by atoms with E-state index in [1.165, 1.54) is 13.8 Å². The Morgan fingerprint density at radius 2 is 2.29 bits per heavy atom. The maximum atomic E-state index is 11.0. The van der Waals surface area contributed by atoms with Crippen molar-refractivity contribution in [3.63, 3.8) is 0 Å². The second-order valence-corrected chi connectivity index (χ2v) is 3.13. The molecule has 0 aromatic heterocycles. The van der Waals surface area contributed by atoms with Gasteiger partial charge in [-0.15, -0.1) is 0 Å². The molecule has 0 aromatic carbocycles. The van der Waals surface area contributed by atoms with Crippen molar-refractivity contribution in [1.29, 1.82) is 0 Å². The lowest BCUT2D eigenvalue weighted by Gasteiger charge is -2.14. The molecule has 6 heteroatoms. The predicted octanol–water partition coefficient (Wildman–Crippen LogP) is -0.246. The highest BCUT2D eigenvalue weighted by molar-refractivity contribution is 5.86. The quantitative estimate of drug-likeness (QED) is 0.357. The van der Waals surface area contributed by atoms with Gasteiger partial charge in [0.1, 0.15) is 12.7 Å². The second-order valence-electron chi connectivity index (χ2n) is 3.13. The molecular formula is C8H10O6. The monoisotopic (exact) mass is 202 g/mol. The van der Waals surface area contributed by atoms with E-state index in [4.69, 9.17) is 9.47 Å². The highest BCUT2D eigenvalue weighted by Gasteiger charge is 2.43. The lowest BCUT2D eigenvalue weighted by atomic mass is 10.4. The molecule has 0 saturated carbocycles. The van der Waals surface area contributed by atoms with Crippen molar-refractivity contribution >= 4 is 18.2 Å². The van der Waals surface area contributed by atoms with Crippen LogP contribution in [0.3, 0.4) is 0 Å². The molecule has 1 aliphatic heterocycles. The molecule has 1 aliphatic rings. The van der Waals surface area contributed by atoms with Crippen LogP contribution < -0.4 is 0 Å². The van der Waals surface area contributed by atoms with Gasteiger partial charge in [0.2, 0.25) is 5.79 Å². The number of ether oxygens (including phenoxy) is 3. The van der Waals surface area contributed by atoms with Gasteiger partial charge in [-0.25, -0.2) is 4.79 Å². The van der Waals surface area contributed by atoms with Crippen LogP contribution in [0.5, 0.6) is 0 Å². The second kappa shape index (κ2) is 3.75. The minimum atomic E-state index is -1.36. The Kier molecular flexibility index (Phi) is 2.85. The minimum Gasteiger partial charge on any atom is -0.429 e. The van der Waals surface area contributed by atoms with Crippen molar-refractivity contribution in [1.82, 2.24) is 0 Å². The normalized spacial score (nSPS) is 24.1. The summed E-state index contributed by atoms with van der Waals surface area (Å²) in [6.45, 7) is 3.02. The average molecular weight is 202 g/mol. The Morgan fingerprint density at radius 3 is 2.71 bits per heavy atom. The number of aldehydes is 1. The zero-order valence-corrected chi connectivity index (χ0v) is 7.81. The predicted molar refractivity (Wildman–Crippen MR) is 41.8 cm³/mol. The first-order chi connectivity index (χ1) is 6.44. The molecule has 0 spiro atoms. The highest BCUT2D eigenvalue weighted by Crippen LogP contribution is 2.24. The van der Waals surface area contributed by atoms with E-state index in [0.717, 1.165) is 0 Å². The van der Waals surface area contributed by atoms with Crippen molar-refractivity contribution in [3.8, 4) is 0 Å². The molecular weight excluding hydrogens is 192 g/mol. The fourth-order valence-corrected chi connectivity index (χ4v) is 0.928. The van der Waals surface area contributed by atoms with Gasteiger partial charge in [0.05, 0.1) is 0 Å². The van der Waals surface area contributed by atoms with E-state index in [1.54, 1.807) is 0 Å². The van der Waals surface area contributed by atoms with Crippen LogP contribution in [-0.4, -0.2) is 30.3 Å². The van der Waals surface area contributed by atoms with Crippen molar-refractivity contribution in [2.75, 3.05) is 0 Å². The number of hydrogen-bond donors (Lipinski definition) is 0. The molecule has 0 amide bonds.